The number of carbonyl (C=O) groups is 2. The van der Waals surface area contributed by atoms with Gasteiger partial charge in [0.1, 0.15) is 6.61 Å². The van der Waals surface area contributed by atoms with Gasteiger partial charge in [-0.15, -0.1) is 0 Å². The molecule has 1 fully saturated rings. The van der Waals surface area contributed by atoms with Gasteiger partial charge in [0.05, 0.1) is 16.5 Å². The molecule has 1 atom stereocenters. The number of benzene rings is 1. The predicted octanol–water partition coefficient (Wildman–Crippen LogP) is 2.07. The third-order valence-corrected chi connectivity index (χ3v) is 3.83. The molecule has 23 heavy (non-hydrogen) atoms. The van der Waals surface area contributed by atoms with Gasteiger partial charge in [-0.05, 0) is 25.0 Å². The van der Waals surface area contributed by atoms with Crippen LogP contribution in [0.4, 0.5) is 5.69 Å². The van der Waals surface area contributed by atoms with Crippen molar-refractivity contribution in [2.24, 2.45) is 0 Å². The van der Waals surface area contributed by atoms with Crippen molar-refractivity contribution in [3.05, 3.63) is 33.9 Å². The van der Waals surface area contributed by atoms with E-state index in [4.69, 9.17) is 9.84 Å². The molecule has 1 aliphatic heterocycles. The van der Waals surface area contributed by atoms with Crippen molar-refractivity contribution in [2.75, 3.05) is 13.2 Å². The maximum absolute atomic E-state index is 11.8. The number of hydrogen-bond donors (Lipinski definition) is 1. The van der Waals surface area contributed by atoms with E-state index in [9.17, 15) is 19.7 Å². The van der Waals surface area contributed by atoms with E-state index in [0.29, 0.717) is 13.0 Å². The maximum atomic E-state index is 11.8. The number of nitrogens with zero attached hydrogens (tertiary/aromatic N) is 2. The Bertz CT molecular complexity index is 630. The van der Waals surface area contributed by atoms with Crippen LogP contribution in [0, 0.1) is 10.1 Å². The summed E-state index contributed by atoms with van der Waals surface area (Å²) in [6, 6.07) is 3.40. The number of likely N-dealkylation sites (tertiary alicyclic amines) is 1. The molecule has 0 spiro atoms. The van der Waals surface area contributed by atoms with E-state index >= 15 is 0 Å². The van der Waals surface area contributed by atoms with Crippen LogP contribution in [0.25, 0.3) is 0 Å². The van der Waals surface area contributed by atoms with Crippen LogP contribution in [0.3, 0.4) is 0 Å². The zero-order valence-corrected chi connectivity index (χ0v) is 12.7. The first kappa shape index (κ1) is 16.7. The molecule has 1 aromatic carbocycles. The lowest BCUT2D eigenvalue weighted by molar-refractivity contribution is -0.385. The van der Waals surface area contributed by atoms with Crippen LogP contribution in [-0.2, 0) is 4.79 Å². The summed E-state index contributed by atoms with van der Waals surface area (Å²) >= 11 is 0. The third-order valence-electron chi connectivity index (χ3n) is 3.83. The van der Waals surface area contributed by atoms with Crippen molar-refractivity contribution >= 4 is 17.6 Å². The highest BCUT2D eigenvalue weighted by atomic mass is 16.6. The topological polar surface area (TPSA) is 110 Å². The van der Waals surface area contributed by atoms with Crippen molar-refractivity contribution < 1.29 is 24.4 Å². The lowest BCUT2D eigenvalue weighted by Crippen LogP contribution is -2.38. The molecule has 1 aliphatic rings. The normalized spacial score (nSPS) is 17.1. The summed E-state index contributed by atoms with van der Waals surface area (Å²) in [5, 5.41) is 20.0. The van der Waals surface area contributed by atoms with Crippen molar-refractivity contribution in [2.45, 2.75) is 32.2 Å². The fourth-order valence-electron chi connectivity index (χ4n) is 2.64. The molecule has 0 aliphatic carbocycles. The highest BCUT2D eigenvalue weighted by molar-refractivity contribution is 5.88. The molecule has 8 heteroatoms. The van der Waals surface area contributed by atoms with Crippen molar-refractivity contribution in [3.63, 3.8) is 0 Å². The molecule has 1 aromatic rings. The molecule has 1 N–H and O–H groups in total. The zero-order chi connectivity index (χ0) is 17.0. The molecule has 0 aromatic heterocycles. The van der Waals surface area contributed by atoms with E-state index in [1.807, 2.05) is 0 Å². The minimum Gasteiger partial charge on any atom is -0.485 e. The number of ether oxygens (including phenoxy) is 1. The highest BCUT2D eigenvalue weighted by Gasteiger charge is 2.29. The number of nitro groups is 1. The Morgan fingerprint density at radius 2 is 2.22 bits per heavy atom. The van der Waals surface area contributed by atoms with Crippen molar-refractivity contribution in [1.82, 2.24) is 4.90 Å². The number of rotatable bonds is 6. The Hall–Kier alpha value is -2.64. The van der Waals surface area contributed by atoms with Crippen molar-refractivity contribution in [3.8, 4) is 5.75 Å². The van der Waals surface area contributed by atoms with Gasteiger partial charge < -0.3 is 14.7 Å². The zero-order valence-electron chi connectivity index (χ0n) is 12.7. The van der Waals surface area contributed by atoms with Crippen LogP contribution in [0.15, 0.2) is 18.2 Å². The van der Waals surface area contributed by atoms with Gasteiger partial charge in [0.2, 0.25) is 5.91 Å². The van der Waals surface area contributed by atoms with Crippen LogP contribution >= 0.6 is 0 Å². The molecular weight excluding hydrogens is 304 g/mol. The van der Waals surface area contributed by atoms with Crippen LogP contribution in [0.1, 0.15) is 36.5 Å². The summed E-state index contributed by atoms with van der Waals surface area (Å²) in [7, 11) is 0. The largest absolute Gasteiger partial charge is 0.485 e. The number of carbonyl (C=O) groups excluding carboxylic acids is 1. The van der Waals surface area contributed by atoms with Crippen LogP contribution < -0.4 is 4.74 Å². The number of amides is 1. The summed E-state index contributed by atoms with van der Waals surface area (Å²) in [6.45, 7) is 2.60. The summed E-state index contributed by atoms with van der Waals surface area (Å²) in [5.74, 6) is -1.20. The molecule has 2 rings (SSSR count). The molecule has 0 unspecified atom stereocenters. The highest BCUT2D eigenvalue weighted by Crippen LogP contribution is 2.29. The van der Waals surface area contributed by atoms with Crippen LogP contribution in [0.2, 0.25) is 0 Å². The second kappa shape index (κ2) is 7.08. The monoisotopic (exact) mass is 322 g/mol. The summed E-state index contributed by atoms with van der Waals surface area (Å²) in [6.07, 6.45) is 2.07. The Balaban J connectivity index is 2.12. The first-order chi connectivity index (χ1) is 10.9. The number of carboxylic acids is 1. The number of nitro benzene ring substituents is 1. The van der Waals surface area contributed by atoms with Gasteiger partial charge in [-0.3, -0.25) is 14.9 Å². The molecular formula is C15H18N2O6. The SMILES string of the molecule is CCC(=O)N1CCC[C@H]1COc1ccc(C(=O)O)cc1[N+](=O)[O-]. The Morgan fingerprint density at radius 1 is 1.48 bits per heavy atom. The first-order valence-corrected chi connectivity index (χ1v) is 7.38. The number of carboxylic acid groups (broad SMARTS) is 1. The van der Waals surface area contributed by atoms with E-state index < -0.39 is 16.6 Å². The molecule has 0 radical (unpaired) electrons. The Morgan fingerprint density at radius 3 is 2.83 bits per heavy atom. The molecule has 1 saturated heterocycles. The van der Waals surface area contributed by atoms with E-state index in [1.54, 1.807) is 11.8 Å². The summed E-state index contributed by atoms with van der Waals surface area (Å²) in [4.78, 5) is 34.9. The first-order valence-electron chi connectivity index (χ1n) is 7.38. The van der Waals surface area contributed by atoms with E-state index in [-0.39, 0.29) is 29.9 Å². The van der Waals surface area contributed by atoms with Gasteiger partial charge in [0.15, 0.2) is 5.75 Å². The number of hydrogen-bond acceptors (Lipinski definition) is 5. The number of aromatic carboxylic acids is 1. The molecule has 0 saturated carbocycles. The van der Waals surface area contributed by atoms with E-state index in [2.05, 4.69) is 0 Å². The van der Waals surface area contributed by atoms with Crippen molar-refractivity contribution in [1.29, 1.82) is 0 Å². The molecule has 8 nitrogen and oxygen atoms in total. The second-order valence-electron chi connectivity index (χ2n) is 5.29. The average molecular weight is 322 g/mol. The summed E-state index contributed by atoms with van der Waals surface area (Å²) < 4.78 is 5.51. The minimum atomic E-state index is -1.24. The standard InChI is InChI=1S/C15H18N2O6/c1-2-14(18)16-7-3-4-11(16)9-23-13-6-5-10(15(19)20)8-12(13)17(21)22/h5-6,8,11H,2-4,7,9H2,1H3,(H,19,20)/t11-/m0/s1. The van der Waals surface area contributed by atoms with Gasteiger partial charge in [-0.2, -0.15) is 0 Å². The third kappa shape index (κ3) is 3.77. The van der Waals surface area contributed by atoms with Gasteiger partial charge in [0, 0.05) is 19.0 Å². The maximum Gasteiger partial charge on any atom is 0.335 e. The molecule has 124 valence electrons. The van der Waals surface area contributed by atoms with E-state index in [0.717, 1.165) is 18.9 Å². The van der Waals surface area contributed by atoms with Gasteiger partial charge in [-0.25, -0.2) is 4.79 Å². The molecule has 1 heterocycles. The van der Waals surface area contributed by atoms with Gasteiger partial charge in [0.25, 0.3) is 0 Å². The fourth-order valence-corrected chi connectivity index (χ4v) is 2.64. The second-order valence-corrected chi connectivity index (χ2v) is 5.29. The van der Waals surface area contributed by atoms with Crippen LogP contribution in [-0.4, -0.2) is 46.0 Å². The van der Waals surface area contributed by atoms with E-state index in [1.165, 1.54) is 12.1 Å². The quantitative estimate of drug-likeness (QED) is 0.634. The Labute approximate surface area is 132 Å². The minimum absolute atomic E-state index is 0.01000. The lowest BCUT2D eigenvalue weighted by atomic mass is 10.2. The fraction of sp³-hybridized carbons (Fsp3) is 0.467. The van der Waals surface area contributed by atoms with Crippen LogP contribution in [0.5, 0.6) is 5.75 Å². The molecule has 1 amide bonds. The smallest absolute Gasteiger partial charge is 0.335 e. The van der Waals surface area contributed by atoms with Gasteiger partial charge >= 0.3 is 11.7 Å². The lowest BCUT2D eigenvalue weighted by Gasteiger charge is -2.24. The summed E-state index contributed by atoms with van der Waals surface area (Å²) in [5.41, 5.74) is -0.566. The van der Waals surface area contributed by atoms with Gasteiger partial charge in [-0.1, -0.05) is 6.92 Å². The predicted molar refractivity (Wildman–Crippen MR) is 80.6 cm³/mol. The Kier molecular flexibility index (Phi) is 5.15. The molecule has 0 bridgehead atoms. The average Bonchev–Trinajstić information content (AvgIpc) is 3.00.